The van der Waals surface area contributed by atoms with Crippen LogP contribution >= 0.6 is 0 Å². The highest BCUT2D eigenvalue weighted by atomic mass is 16.5. The monoisotopic (exact) mass is 286 g/mol. The Kier molecular flexibility index (Phi) is 5.39. The number of hydrogen-bond acceptors (Lipinski definition) is 3. The van der Waals surface area contributed by atoms with Crippen molar-refractivity contribution in [3.8, 4) is 6.07 Å². The molecule has 0 aromatic heterocycles. The highest BCUT2D eigenvalue weighted by Crippen LogP contribution is 2.32. The Bertz CT molecular complexity index is 502. The summed E-state index contributed by atoms with van der Waals surface area (Å²) in [7, 11) is 0. The average molecular weight is 286 g/mol. The molecule has 0 saturated carbocycles. The summed E-state index contributed by atoms with van der Waals surface area (Å²) >= 11 is 0. The summed E-state index contributed by atoms with van der Waals surface area (Å²) in [6.07, 6.45) is 4.27. The number of ether oxygens (including phenoxy) is 1. The number of nitrogens with zero attached hydrogens (tertiary/aromatic N) is 1. The first-order valence-corrected chi connectivity index (χ1v) is 8.02. The topological polar surface area (TPSA) is 45.0 Å². The molecule has 0 aliphatic carbocycles. The summed E-state index contributed by atoms with van der Waals surface area (Å²) in [5.74, 6) is 0. The van der Waals surface area contributed by atoms with Crippen molar-refractivity contribution < 1.29 is 4.74 Å². The highest BCUT2D eigenvalue weighted by molar-refractivity contribution is 5.34. The first-order valence-electron chi connectivity index (χ1n) is 8.02. The summed E-state index contributed by atoms with van der Waals surface area (Å²) < 4.78 is 6.03. The normalized spacial score (nSPS) is 22.5. The van der Waals surface area contributed by atoms with E-state index in [0.717, 1.165) is 37.9 Å². The van der Waals surface area contributed by atoms with Gasteiger partial charge in [-0.1, -0.05) is 26.0 Å². The number of benzene rings is 1. The zero-order valence-corrected chi connectivity index (χ0v) is 13.4. The van der Waals surface area contributed by atoms with Crippen molar-refractivity contribution >= 4 is 0 Å². The van der Waals surface area contributed by atoms with Gasteiger partial charge in [-0.3, -0.25) is 0 Å². The summed E-state index contributed by atoms with van der Waals surface area (Å²) in [4.78, 5) is 0. The van der Waals surface area contributed by atoms with Gasteiger partial charge in [0.15, 0.2) is 0 Å². The van der Waals surface area contributed by atoms with Crippen LogP contribution in [0.4, 0.5) is 0 Å². The minimum absolute atomic E-state index is 0.0458. The zero-order chi connectivity index (χ0) is 15.3. The van der Waals surface area contributed by atoms with Crippen LogP contribution in [-0.4, -0.2) is 18.2 Å². The van der Waals surface area contributed by atoms with Crippen LogP contribution in [0.3, 0.4) is 0 Å². The molecule has 2 rings (SSSR count). The van der Waals surface area contributed by atoms with Gasteiger partial charge in [0.25, 0.3) is 0 Å². The predicted molar refractivity (Wildman–Crippen MR) is 85.0 cm³/mol. The molecule has 2 atom stereocenters. The van der Waals surface area contributed by atoms with Crippen molar-refractivity contribution in [3.05, 3.63) is 35.4 Å². The molecule has 0 radical (unpaired) electrons. The number of nitrogens with one attached hydrogen (secondary N) is 1. The van der Waals surface area contributed by atoms with Gasteiger partial charge in [0.2, 0.25) is 0 Å². The molecule has 1 heterocycles. The van der Waals surface area contributed by atoms with Gasteiger partial charge in [-0.25, -0.2) is 0 Å². The quantitative estimate of drug-likeness (QED) is 0.891. The molecule has 21 heavy (non-hydrogen) atoms. The zero-order valence-electron chi connectivity index (χ0n) is 13.4. The number of hydrogen-bond donors (Lipinski definition) is 1. The molecule has 1 saturated heterocycles. The van der Waals surface area contributed by atoms with Gasteiger partial charge in [0, 0.05) is 18.7 Å². The molecule has 1 fully saturated rings. The molecule has 1 aromatic carbocycles. The molecule has 0 spiro atoms. The van der Waals surface area contributed by atoms with Crippen LogP contribution in [0.5, 0.6) is 0 Å². The molecule has 2 unspecified atom stereocenters. The van der Waals surface area contributed by atoms with Gasteiger partial charge in [-0.2, -0.15) is 5.26 Å². The third-order valence-electron chi connectivity index (χ3n) is 4.78. The summed E-state index contributed by atoms with van der Waals surface area (Å²) in [6.45, 7) is 7.44. The van der Waals surface area contributed by atoms with Crippen molar-refractivity contribution in [2.24, 2.45) is 0 Å². The fourth-order valence-electron chi connectivity index (χ4n) is 3.24. The molecule has 114 valence electrons. The minimum atomic E-state index is 0.0458. The van der Waals surface area contributed by atoms with E-state index in [-0.39, 0.29) is 11.6 Å². The Morgan fingerprint density at radius 2 is 2.19 bits per heavy atom. The summed E-state index contributed by atoms with van der Waals surface area (Å²) in [5, 5.41) is 12.7. The third-order valence-corrected chi connectivity index (χ3v) is 4.78. The van der Waals surface area contributed by atoms with Gasteiger partial charge in [-0.15, -0.1) is 0 Å². The highest BCUT2D eigenvalue weighted by Gasteiger charge is 2.34. The third kappa shape index (κ3) is 3.84. The van der Waals surface area contributed by atoms with Crippen LogP contribution in [0, 0.1) is 11.3 Å². The van der Waals surface area contributed by atoms with E-state index in [0.29, 0.717) is 6.04 Å². The second-order valence-electron chi connectivity index (χ2n) is 6.05. The van der Waals surface area contributed by atoms with Gasteiger partial charge >= 0.3 is 0 Å². The van der Waals surface area contributed by atoms with Gasteiger partial charge in [0.1, 0.15) is 0 Å². The van der Waals surface area contributed by atoms with Crippen molar-refractivity contribution in [2.75, 3.05) is 6.61 Å². The van der Waals surface area contributed by atoms with Crippen LogP contribution in [0.15, 0.2) is 24.3 Å². The van der Waals surface area contributed by atoms with Crippen LogP contribution < -0.4 is 5.32 Å². The van der Waals surface area contributed by atoms with E-state index < -0.39 is 0 Å². The molecule has 0 amide bonds. The lowest BCUT2D eigenvalue weighted by atomic mass is 9.85. The first kappa shape index (κ1) is 16.0. The maximum Gasteiger partial charge on any atom is 0.0991 e. The molecule has 3 heteroatoms. The van der Waals surface area contributed by atoms with Crippen molar-refractivity contribution in [1.29, 1.82) is 5.26 Å². The second-order valence-corrected chi connectivity index (χ2v) is 6.05. The van der Waals surface area contributed by atoms with Gasteiger partial charge in [-0.05, 0) is 50.3 Å². The fraction of sp³-hybridized carbons (Fsp3) is 0.611. The lowest BCUT2D eigenvalue weighted by molar-refractivity contribution is -0.0939. The van der Waals surface area contributed by atoms with E-state index in [1.54, 1.807) is 0 Å². The maximum absolute atomic E-state index is 9.01. The van der Waals surface area contributed by atoms with Crippen molar-refractivity contribution in [3.63, 3.8) is 0 Å². The minimum Gasteiger partial charge on any atom is -0.375 e. The summed E-state index contributed by atoms with van der Waals surface area (Å²) in [6, 6.07) is 10.8. The molecule has 1 aliphatic heterocycles. The Morgan fingerprint density at radius 3 is 2.86 bits per heavy atom. The van der Waals surface area contributed by atoms with Crippen LogP contribution in [0.1, 0.15) is 63.6 Å². The van der Waals surface area contributed by atoms with Crippen molar-refractivity contribution in [1.82, 2.24) is 5.32 Å². The summed E-state index contributed by atoms with van der Waals surface area (Å²) in [5.41, 5.74) is 1.95. The second kappa shape index (κ2) is 7.06. The molecule has 1 N–H and O–H groups in total. The fourth-order valence-corrected chi connectivity index (χ4v) is 3.24. The lowest BCUT2D eigenvalue weighted by Gasteiger charge is -2.41. The van der Waals surface area contributed by atoms with Crippen molar-refractivity contribution in [2.45, 2.75) is 64.1 Å². The Morgan fingerprint density at radius 1 is 1.43 bits per heavy atom. The Balaban J connectivity index is 2.02. The molecular formula is C18H26N2O. The van der Waals surface area contributed by atoms with E-state index in [2.05, 4.69) is 38.2 Å². The molecule has 1 aliphatic rings. The van der Waals surface area contributed by atoms with Crippen LogP contribution in [0.2, 0.25) is 0 Å². The Labute approximate surface area is 128 Å². The number of nitriles is 1. The SMILES string of the molecule is CCC1(CC)CC(NC(C)c2cccc(C#N)c2)CCO1. The van der Waals surface area contributed by atoms with Gasteiger partial charge in [0.05, 0.1) is 17.2 Å². The molecule has 0 bridgehead atoms. The van der Waals surface area contributed by atoms with E-state index in [1.165, 1.54) is 5.56 Å². The molecule has 1 aromatic rings. The largest absolute Gasteiger partial charge is 0.375 e. The average Bonchev–Trinajstić information content (AvgIpc) is 2.55. The smallest absolute Gasteiger partial charge is 0.0991 e. The number of rotatable bonds is 5. The lowest BCUT2D eigenvalue weighted by Crippen LogP contribution is -2.47. The van der Waals surface area contributed by atoms with E-state index in [4.69, 9.17) is 10.00 Å². The predicted octanol–water partition coefficient (Wildman–Crippen LogP) is 3.95. The van der Waals surface area contributed by atoms with Crippen LogP contribution in [0.25, 0.3) is 0 Å². The molecule has 3 nitrogen and oxygen atoms in total. The maximum atomic E-state index is 9.01. The Hall–Kier alpha value is -1.37. The standard InChI is InChI=1S/C18H26N2O/c1-4-18(5-2)12-17(9-10-21-18)20-14(3)16-8-6-7-15(11-16)13-19/h6-8,11,14,17,20H,4-5,9-10,12H2,1-3H3. The first-order chi connectivity index (χ1) is 10.1. The van der Waals surface area contributed by atoms with E-state index in [9.17, 15) is 0 Å². The van der Waals surface area contributed by atoms with E-state index >= 15 is 0 Å². The molecular weight excluding hydrogens is 260 g/mol. The van der Waals surface area contributed by atoms with Gasteiger partial charge < -0.3 is 10.1 Å². The van der Waals surface area contributed by atoms with Crippen LogP contribution in [-0.2, 0) is 4.74 Å². The van der Waals surface area contributed by atoms with E-state index in [1.807, 2.05) is 18.2 Å².